The summed E-state index contributed by atoms with van der Waals surface area (Å²) in [5.74, 6) is 2.02. The van der Waals surface area contributed by atoms with Crippen LogP contribution in [0.3, 0.4) is 0 Å². The van der Waals surface area contributed by atoms with Gasteiger partial charge in [0.15, 0.2) is 0 Å². The zero-order chi connectivity index (χ0) is 9.76. The van der Waals surface area contributed by atoms with Gasteiger partial charge in [-0.25, -0.2) is 0 Å². The summed E-state index contributed by atoms with van der Waals surface area (Å²) in [7, 11) is 0. The average molecular weight is 192 g/mol. The molecular weight excluding hydrogens is 176 g/mol. The quantitative estimate of drug-likeness (QED) is 0.470. The fraction of sp³-hybridized carbons (Fsp3) is 0.750. The van der Waals surface area contributed by atoms with Crippen molar-refractivity contribution in [3.05, 3.63) is 12.2 Å². The highest BCUT2D eigenvalue weighted by Gasteiger charge is 2.59. The molecule has 76 valence electrons. The average Bonchev–Trinajstić information content (AvgIpc) is 2.68. The number of ether oxygens (including phenoxy) is 1. The zero-order valence-electron chi connectivity index (χ0n) is 8.53. The van der Waals surface area contributed by atoms with Gasteiger partial charge in [0, 0.05) is 12.8 Å². The first-order chi connectivity index (χ1) is 6.71. The van der Waals surface area contributed by atoms with E-state index < -0.39 is 0 Å². The highest BCUT2D eigenvalue weighted by atomic mass is 16.6. The lowest BCUT2D eigenvalue weighted by Gasteiger charge is -2.34. The first-order valence-electron chi connectivity index (χ1n) is 5.57. The number of hydrogen-bond acceptors (Lipinski definition) is 2. The number of carbonyl (C=O) groups excluding carboxylic acids is 1. The second-order valence-corrected chi connectivity index (χ2v) is 5.01. The molecule has 3 aliphatic rings. The minimum Gasteiger partial charge on any atom is -0.459 e. The highest BCUT2D eigenvalue weighted by Crippen LogP contribution is 2.60. The minimum atomic E-state index is -0.105. The predicted octanol–water partition coefficient (Wildman–Crippen LogP) is 2.29. The topological polar surface area (TPSA) is 26.3 Å². The number of allylic oxidation sites excluding steroid dienone is 1. The molecule has 0 aromatic heterocycles. The molecule has 3 aliphatic carbocycles. The summed E-state index contributed by atoms with van der Waals surface area (Å²) in [5, 5.41) is 0. The normalized spacial score (nSPS) is 48.2. The Labute approximate surface area is 84.3 Å². The standard InChI is InChI=1S/C12H16O2/c1-8(13)14-12-6-5-9(7-12)10-3-2-4-11(10)12/h2,4,9-11H,3,5-7H2,1H3. The number of hydrogen-bond donors (Lipinski definition) is 0. The van der Waals surface area contributed by atoms with Crippen LogP contribution in [0.15, 0.2) is 12.2 Å². The van der Waals surface area contributed by atoms with E-state index in [1.807, 2.05) is 0 Å². The van der Waals surface area contributed by atoms with Crippen LogP contribution in [0.1, 0.15) is 32.6 Å². The lowest BCUT2D eigenvalue weighted by atomic mass is 9.79. The first-order valence-corrected chi connectivity index (χ1v) is 5.57. The molecule has 3 rings (SSSR count). The van der Waals surface area contributed by atoms with Crippen LogP contribution in [-0.2, 0) is 9.53 Å². The van der Waals surface area contributed by atoms with Gasteiger partial charge < -0.3 is 4.74 Å². The van der Waals surface area contributed by atoms with Gasteiger partial charge in [-0.15, -0.1) is 0 Å². The molecule has 2 heteroatoms. The van der Waals surface area contributed by atoms with Crippen molar-refractivity contribution in [2.75, 3.05) is 0 Å². The lowest BCUT2D eigenvalue weighted by molar-refractivity contribution is -0.159. The van der Waals surface area contributed by atoms with Gasteiger partial charge >= 0.3 is 5.97 Å². The maximum atomic E-state index is 11.1. The van der Waals surface area contributed by atoms with Gasteiger partial charge in [-0.3, -0.25) is 4.79 Å². The molecule has 14 heavy (non-hydrogen) atoms. The minimum absolute atomic E-state index is 0.103. The number of fused-ring (bicyclic) bond motifs is 5. The fourth-order valence-electron chi connectivity index (χ4n) is 3.92. The van der Waals surface area contributed by atoms with Crippen LogP contribution < -0.4 is 0 Å². The molecule has 0 heterocycles. The van der Waals surface area contributed by atoms with E-state index in [9.17, 15) is 4.79 Å². The summed E-state index contributed by atoms with van der Waals surface area (Å²) in [6.45, 7) is 1.54. The van der Waals surface area contributed by atoms with Gasteiger partial charge in [0.05, 0.1) is 0 Å². The molecule has 0 saturated heterocycles. The van der Waals surface area contributed by atoms with E-state index in [4.69, 9.17) is 4.74 Å². The summed E-state index contributed by atoms with van der Waals surface area (Å²) in [4.78, 5) is 11.1. The van der Waals surface area contributed by atoms with Crippen molar-refractivity contribution in [2.45, 2.75) is 38.2 Å². The van der Waals surface area contributed by atoms with Gasteiger partial charge in [0.25, 0.3) is 0 Å². The second-order valence-electron chi connectivity index (χ2n) is 5.01. The van der Waals surface area contributed by atoms with Crippen molar-refractivity contribution in [2.24, 2.45) is 17.8 Å². The number of rotatable bonds is 1. The molecule has 0 spiro atoms. The third-order valence-corrected chi connectivity index (χ3v) is 4.32. The fourth-order valence-corrected chi connectivity index (χ4v) is 3.92. The Hall–Kier alpha value is -0.790. The van der Waals surface area contributed by atoms with Crippen molar-refractivity contribution in [1.29, 1.82) is 0 Å². The first kappa shape index (κ1) is 8.51. The molecule has 2 fully saturated rings. The smallest absolute Gasteiger partial charge is 0.303 e. The zero-order valence-corrected chi connectivity index (χ0v) is 8.53. The van der Waals surface area contributed by atoms with Crippen LogP contribution in [0.25, 0.3) is 0 Å². The lowest BCUT2D eigenvalue weighted by Crippen LogP contribution is -2.38. The molecule has 0 aromatic carbocycles. The van der Waals surface area contributed by atoms with E-state index in [0.717, 1.165) is 24.7 Å². The van der Waals surface area contributed by atoms with Crippen molar-refractivity contribution in [3.8, 4) is 0 Å². The van der Waals surface area contributed by atoms with Gasteiger partial charge in [-0.05, 0) is 37.5 Å². The van der Waals surface area contributed by atoms with E-state index in [1.54, 1.807) is 0 Å². The molecule has 2 saturated carbocycles. The molecule has 0 aromatic rings. The van der Waals surface area contributed by atoms with Crippen LogP contribution in [0, 0.1) is 17.8 Å². The van der Waals surface area contributed by atoms with E-state index in [1.165, 1.54) is 19.8 Å². The van der Waals surface area contributed by atoms with Crippen molar-refractivity contribution in [3.63, 3.8) is 0 Å². The van der Waals surface area contributed by atoms with Crippen LogP contribution >= 0.6 is 0 Å². The maximum Gasteiger partial charge on any atom is 0.303 e. The van der Waals surface area contributed by atoms with Crippen LogP contribution in [0.2, 0.25) is 0 Å². The Morgan fingerprint density at radius 2 is 2.43 bits per heavy atom. The Morgan fingerprint density at radius 1 is 1.57 bits per heavy atom. The van der Waals surface area contributed by atoms with E-state index in [2.05, 4.69) is 12.2 Å². The molecule has 2 nitrogen and oxygen atoms in total. The second kappa shape index (κ2) is 2.62. The van der Waals surface area contributed by atoms with Crippen molar-refractivity contribution in [1.82, 2.24) is 0 Å². The van der Waals surface area contributed by atoms with E-state index in [0.29, 0.717) is 5.92 Å². The molecule has 0 N–H and O–H groups in total. The van der Waals surface area contributed by atoms with Gasteiger partial charge in [-0.1, -0.05) is 12.2 Å². The van der Waals surface area contributed by atoms with Crippen molar-refractivity contribution < 1.29 is 9.53 Å². The highest BCUT2D eigenvalue weighted by molar-refractivity contribution is 5.66. The Balaban J connectivity index is 1.91. The Bertz CT molecular complexity index is 307. The number of esters is 1. The van der Waals surface area contributed by atoms with Crippen LogP contribution in [-0.4, -0.2) is 11.6 Å². The summed E-state index contributed by atoms with van der Waals surface area (Å²) < 4.78 is 5.61. The van der Waals surface area contributed by atoms with E-state index >= 15 is 0 Å². The molecule has 4 atom stereocenters. The molecular formula is C12H16O2. The third-order valence-electron chi connectivity index (χ3n) is 4.32. The Kier molecular flexibility index (Phi) is 1.59. The third kappa shape index (κ3) is 0.943. The molecule has 0 radical (unpaired) electrons. The van der Waals surface area contributed by atoms with Gasteiger partial charge in [-0.2, -0.15) is 0 Å². The van der Waals surface area contributed by atoms with Gasteiger partial charge in [0.1, 0.15) is 5.60 Å². The van der Waals surface area contributed by atoms with Crippen LogP contribution in [0.5, 0.6) is 0 Å². The monoisotopic (exact) mass is 192 g/mol. The summed E-state index contributed by atoms with van der Waals surface area (Å²) in [6.07, 6.45) is 9.22. The van der Waals surface area contributed by atoms with Gasteiger partial charge in [0.2, 0.25) is 0 Å². The molecule has 2 bridgehead atoms. The summed E-state index contributed by atoms with van der Waals surface area (Å²) in [6, 6.07) is 0. The summed E-state index contributed by atoms with van der Waals surface area (Å²) in [5.41, 5.74) is -0.103. The molecule has 0 amide bonds. The number of carbonyl (C=O) groups is 1. The predicted molar refractivity (Wildman–Crippen MR) is 52.6 cm³/mol. The maximum absolute atomic E-state index is 11.1. The van der Waals surface area contributed by atoms with Crippen LogP contribution in [0.4, 0.5) is 0 Å². The molecule has 4 unspecified atom stereocenters. The molecule has 0 aliphatic heterocycles. The van der Waals surface area contributed by atoms with E-state index in [-0.39, 0.29) is 11.6 Å². The summed E-state index contributed by atoms with van der Waals surface area (Å²) >= 11 is 0. The largest absolute Gasteiger partial charge is 0.459 e. The SMILES string of the molecule is CC(=O)OC12CCC(C1)C1CC=CC12. The van der Waals surface area contributed by atoms with Crippen molar-refractivity contribution >= 4 is 5.97 Å². The Morgan fingerprint density at radius 3 is 3.21 bits per heavy atom.